The molecule has 1 unspecified atom stereocenters. The number of nitriles is 1. The smallest absolute Gasteiger partial charge is 0.132 e. The highest BCUT2D eigenvalue weighted by molar-refractivity contribution is 9.10. The molecule has 1 aromatic carbocycles. The van der Waals surface area contributed by atoms with E-state index >= 15 is 0 Å². The molecule has 2 aliphatic rings. The van der Waals surface area contributed by atoms with Crippen LogP contribution >= 0.6 is 15.9 Å². The van der Waals surface area contributed by atoms with Crippen LogP contribution in [0.4, 0.5) is 0 Å². The van der Waals surface area contributed by atoms with Crippen LogP contribution in [0.1, 0.15) is 83.8 Å². The van der Waals surface area contributed by atoms with E-state index in [2.05, 4.69) is 91.1 Å². The summed E-state index contributed by atoms with van der Waals surface area (Å²) in [6.07, 6.45) is 7.17. The summed E-state index contributed by atoms with van der Waals surface area (Å²) < 4.78 is 1.08. The number of nitrogens with zero attached hydrogens (tertiary/aromatic N) is 3. The average molecular weight is 469 g/mol. The van der Waals surface area contributed by atoms with Gasteiger partial charge in [0.2, 0.25) is 0 Å². The summed E-state index contributed by atoms with van der Waals surface area (Å²) in [5, 5.41) is 13.5. The predicted octanol–water partition coefficient (Wildman–Crippen LogP) is 6.71. The van der Waals surface area contributed by atoms with E-state index < -0.39 is 0 Å². The Balaban J connectivity index is 2.07. The molecule has 5 heteroatoms. The fourth-order valence-electron chi connectivity index (χ4n) is 4.28. The summed E-state index contributed by atoms with van der Waals surface area (Å²) in [6, 6.07) is 9.16. The Morgan fingerprint density at radius 2 is 1.97 bits per heavy atom. The number of hydrogen-bond donors (Lipinski definition) is 1. The Kier molecular flexibility index (Phi) is 7.41. The minimum Gasteiger partial charge on any atom is -0.345 e. The number of rotatable bonds is 7. The summed E-state index contributed by atoms with van der Waals surface area (Å²) in [5.74, 6) is 2.40. The highest BCUT2D eigenvalue weighted by Gasteiger charge is 2.38. The number of benzene rings is 1. The Hall–Kier alpha value is -2.06. The van der Waals surface area contributed by atoms with Gasteiger partial charge < -0.3 is 5.32 Å². The zero-order valence-electron chi connectivity index (χ0n) is 18.8. The van der Waals surface area contributed by atoms with Crippen LogP contribution in [0, 0.1) is 11.3 Å². The molecule has 0 radical (unpaired) electrons. The topological polar surface area (TPSA) is 51.4 Å². The normalized spacial score (nSPS) is 20.0. The minimum absolute atomic E-state index is 0.244. The molecule has 0 aliphatic carbocycles. The molecule has 160 valence electrons. The van der Waals surface area contributed by atoms with Gasteiger partial charge in [-0.1, -0.05) is 68.6 Å². The van der Waals surface area contributed by atoms with Crippen molar-refractivity contribution in [2.24, 2.45) is 4.99 Å². The molecule has 3 rings (SSSR count). The quantitative estimate of drug-likeness (QED) is 0.483. The zero-order valence-corrected chi connectivity index (χ0v) is 20.4. The van der Waals surface area contributed by atoms with E-state index in [-0.39, 0.29) is 6.04 Å². The minimum atomic E-state index is -0.244. The Bertz CT molecular complexity index is 914. The SMILES string of the molecule is CCCC(CCC)N=C1C=C(C)NC2=C(c3ccc(C(C)C)cc3Br)CC(C#N)N12. The van der Waals surface area contributed by atoms with Gasteiger partial charge in [-0.3, -0.25) is 9.89 Å². The maximum Gasteiger partial charge on any atom is 0.132 e. The van der Waals surface area contributed by atoms with Crippen LogP contribution in [0.25, 0.3) is 5.57 Å². The number of fused-ring (bicyclic) bond motifs is 1. The average Bonchev–Trinajstić information content (AvgIpc) is 3.06. The molecule has 0 amide bonds. The summed E-state index contributed by atoms with van der Waals surface area (Å²) in [5.41, 5.74) is 4.70. The van der Waals surface area contributed by atoms with Crippen LogP contribution in [-0.4, -0.2) is 22.8 Å². The van der Waals surface area contributed by atoms with Crippen molar-refractivity contribution in [3.05, 3.63) is 51.4 Å². The van der Waals surface area contributed by atoms with Crippen molar-refractivity contribution in [1.82, 2.24) is 10.2 Å². The van der Waals surface area contributed by atoms with E-state index in [1.807, 2.05) is 0 Å². The highest BCUT2D eigenvalue weighted by Crippen LogP contribution is 2.40. The van der Waals surface area contributed by atoms with E-state index in [1.165, 1.54) is 11.1 Å². The number of aliphatic imine (C=N–C) groups is 1. The van der Waals surface area contributed by atoms with Crippen LogP contribution in [0.5, 0.6) is 0 Å². The lowest BCUT2D eigenvalue weighted by Gasteiger charge is -2.32. The van der Waals surface area contributed by atoms with Gasteiger partial charge in [0.15, 0.2) is 0 Å². The largest absolute Gasteiger partial charge is 0.345 e. The molecule has 2 aliphatic heterocycles. The summed E-state index contributed by atoms with van der Waals surface area (Å²) >= 11 is 3.79. The maximum atomic E-state index is 9.95. The second-order valence-electron chi connectivity index (χ2n) is 8.61. The maximum absolute atomic E-state index is 9.95. The third kappa shape index (κ3) is 4.64. The van der Waals surface area contributed by atoms with Gasteiger partial charge in [0, 0.05) is 22.2 Å². The zero-order chi connectivity index (χ0) is 21.8. The molecule has 0 saturated heterocycles. The van der Waals surface area contributed by atoms with Crippen molar-refractivity contribution >= 4 is 27.3 Å². The lowest BCUT2D eigenvalue weighted by atomic mass is 9.97. The molecule has 1 aromatic rings. The predicted molar refractivity (Wildman–Crippen MR) is 129 cm³/mol. The fraction of sp³-hybridized carbons (Fsp3) is 0.520. The summed E-state index contributed by atoms with van der Waals surface area (Å²) in [6.45, 7) is 10.9. The lowest BCUT2D eigenvalue weighted by Crippen LogP contribution is -2.42. The van der Waals surface area contributed by atoms with Gasteiger partial charge >= 0.3 is 0 Å². The molecule has 1 N–H and O–H groups in total. The highest BCUT2D eigenvalue weighted by atomic mass is 79.9. The molecule has 30 heavy (non-hydrogen) atoms. The molecule has 0 fully saturated rings. The van der Waals surface area contributed by atoms with Crippen molar-refractivity contribution < 1.29 is 0 Å². The second-order valence-corrected chi connectivity index (χ2v) is 9.47. The first-order valence-corrected chi connectivity index (χ1v) is 11.9. The number of amidine groups is 1. The standard InChI is InChI=1S/C25H33BrN4/c1-6-8-19(9-7-2)29-24-12-17(5)28-25-22(14-20(15-27)30(24)25)21-11-10-18(16(3)4)13-23(21)26/h10-13,16,19-20,28H,6-9,14H2,1-5H3. The van der Waals surface area contributed by atoms with Gasteiger partial charge in [0.25, 0.3) is 0 Å². The fourth-order valence-corrected chi connectivity index (χ4v) is 4.92. The first-order valence-electron chi connectivity index (χ1n) is 11.1. The van der Waals surface area contributed by atoms with Crippen LogP contribution < -0.4 is 5.32 Å². The van der Waals surface area contributed by atoms with Crippen molar-refractivity contribution in [1.29, 1.82) is 5.26 Å². The molecule has 0 saturated carbocycles. The lowest BCUT2D eigenvalue weighted by molar-refractivity contribution is 0.443. The van der Waals surface area contributed by atoms with E-state index in [4.69, 9.17) is 4.99 Å². The van der Waals surface area contributed by atoms with Gasteiger partial charge in [0.05, 0.1) is 12.1 Å². The van der Waals surface area contributed by atoms with Crippen LogP contribution in [0.2, 0.25) is 0 Å². The summed E-state index contributed by atoms with van der Waals surface area (Å²) in [4.78, 5) is 7.24. The van der Waals surface area contributed by atoms with Crippen LogP contribution in [0.15, 0.2) is 45.3 Å². The van der Waals surface area contributed by atoms with Gasteiger partial charge in [-0.25, -0.2) is 0 Å². The van der Waals surface area contributed by atoms with Crippen molar-refractivity contribution in [2.75, 3.05) is 0 Å². The first kappa shape index (κ1) is 22.6. The number of halogens is 1. The number of allylic oxidation sites excluding steroid dienone is 1. The third-order valence-corrected chi connectivity index (χ3v) is 6.49. The van der Waals surface area contributed by atoms with E-state index in [1.54, 1.807) is 0 Å². The Labute approximate surface area is 189 Å². The number of nitrogens with one attached hydrogen (secondary N) is 1. The van der Waals surface area contributed by atoms with E-state index in [0.29, 0.717) is 18.4 Å². The van der Waals surface area contributed by atoms with E-state index in [9.17, 15) is 5.26 Å². The van der Waals surface area contributed by atoms with Crippen molar-refractivity contribution in [2.45, 2.75) is 84.7 Å². The molecule has 0 bridgehead atoms. The molecule has 1 atom stereocenters. The van der Waals surface area contributed by atoms with E-state index in [0.717, 1.165) is 53.1 Å². The summed E-state index contributed by atoms with van der Waals surface area (Å²) in [7, 11) is 0. The molecule has 4 nitrogen and oxygen atoms in total. The molecule has 0 spiro atoms. The second kappa shape index (κ2) is 9.83. The van der Waals surface area contributed by atoms with Crippen LogP contribution in [0.3, 0.4) is 0 Å². The molecular weight excluding hydrogens is 436 g/mol. The number of hydrogen-bond acceptors (Lipinski definition) is 3. The van der Waals surface area contributed by atoms with Gasteiger partial charge in [-0.2, -0.15) is 5.26 Å². The van der Waals surface area contributed by atoms with Crippen LogP contribution in [-0.2, 0) is 0 Å². The molecule has 0 aromatic heterocycles. The Morgan fingerprint density at radius 3 is 2.53 bits per heavy atom. The third-order valence-electron chi connectivity index (χ3n) is 5.84. The van der Waals surface area contributed by atoms with Gasteiger partial charge in [0.1, 0.15) is 17.7 Å². The molecule has 2 heterocycles. The van der Waals surface area contributed by atoms with Crippen molar-refractivity contribution in [3.63, 3.8) is 0 Å². The first-order chi connectivity index (χ1) is 14.4. The molecular formula is C25H33BrN4. The van der Waals surface area contributed by atoms with Gasteiger partial charge in [-0.15, -0.1) is 0 Å². The van der Waals surface area contributed by atoms with Gasteiger partial charge in [-0.05, 0) is 49.0 Å². The Morgan fingerprint density at radius 1 is 1.27 bits per heavy atom. The monoisotopic (exact) mass is 468 g/mol. The van der Waals surface area contributed by atoms with Crippen molar-refractivity contribution in [3.8, 4) is 6.07 Å².